The first-order valence-electron chi connectivity index (χ1n) is 18.7. The van der Waals surface area contributed by atoms with Gasteiger partial charge in [0, 0.05) is 39.2 Å². The average molecular weight is 895 g/mol. The Morgan fingerprint density at radius 2 is 1.30 bits per heavy atom. The molecule has 0 saturated heterocycles. The number of benzene rings is 5. The zero-order valence-corrected chi connectivity index (χ0v) is 35.6. The van der Waals surface area contributed by atoms with Gasteiger partial charge in [-0.1, -0.05) is 135 Å². The molecule has 7 rings (SSSR count). The number of phenols is 1. The molecule has 2 aromatic heterocycles. The summed E-state index contributed by atoms with van der Waals surface area (Å²) in [4.78, 5) is 5.57. The molecule has 0 aliphatic heterocycles. The summed E-state index contributed by atoms with van der Waals surface area (Å²) in [5.41, 5.74) is 14.4. The van der Waals surface area contributed by atoms with Crippen molar-refractivity contribution >= 4 is 10.9 Å². The van der Waals surface area contributed by atoms with E-state index in [1.54, 1.807) is 0 Å². The van der Waals surface area contributed by atoms with Crippen molar-refractivity contribution in [3.8, 4) is 56.1 Å². The Morgan fingerprint density at radius 3 is 1.93 bits per heavy atom. The van der Waals surface area contributed by atoms with E-state index in [0.717, 1.165) is 83.7 Å². The van der Waals surface area contributed by atoms with Gasteiger partial charge in [-0.05, 0) is 86.7 Å². The number of rotatable bonds is 5. The Balaban J connectivity index is 0.00000497. The van der Waals surface area contributed by atoms with Gasteiger partial charge in [0.15, 0.2) is 0 Å². The van der Waals surface area contributed by atoms with Gasteiger partial charge >= 0.3 is 0 Å². The van der Waals surface area contributed by atoms with Crippen molar-refractivity contribution in [3.63, 3.8) is 0 Å². The van der Waals surface area contributed by atoms with Crippen molar-refractivity contribution in [2.75, 3.05) is 0 Å². The van der Waals surface area contributed by atoms with Gasteiger partial charge in [-0.15, -0.1) is 41.1 Å². The second-order valence-electron chi connectivity index (χ2n) is 17.6. The smallest absolute Gasteiger partial charge is 0.125 e. The summed E-state index contributed by atoms with van der Waals surface area (Å²) in [7, 11) is 0. The quantitative estimate of drug-likeness (QED) is 0.138. The minimum Gasteiger partial charge on any atom is -0.664 e. The van der Waals surface area contributed by atoms with Crippen molar-refractivity contribution in [1.82, 2.24) is 14.8 Å². The molecule has 281 valence electrons. The van der Waals surface area contributed by atoms with Crippen molar-refractivity contribution < 1.29 is 27.5 Å². The van der Waals surface area contributed by atoms with Crippen molar-refractivity contribution in [3.05, 3.63) is 137 Å². The molecule has 0 amide bonds. The molecule has 0 saturated carbocycles. The van der Waals surface area contributed by atoms with Crippen LogP contribution in [0.2, 0.25) is 0 Å². The zero-order valence-electron chi connectivity index (χ0n) is 33.4. The van der Waals surface area contributed by atoms with Gasteiger partial charge in [0.1, 0.15) is 5.75 Å². The summed E-state index contributed by atoms with van der Waals surface area (Å²) in [5, 5.41) is 18.1. The fourth-order valence-electron chi connectivity index (χ4n) is 7.36. The van der Waals surface area contributed by atoms with Crippen LogP contribution in [0.4, 0.5) is 0 Å². The molecule has 4 nitrogen and oxygen atoms in total. The van der Waals surface area contributed by atoms with Gasteiger partial charge in [-0.25, -0.2) is 0 Å². The largest absolute Gasteiger partial charge is 0.664 e. The first-order chi connectivity index (χ1) is 24.9. The molecule has 5 heteroatoms. The van der Waals surface area contributed by atoms with Gasteiger partial charge in [-0.2, -0.15) is 10.6 Å². The maximum atomic E-state index is 12.3. The van der Waals surface area contributed by atoms with Crippen LogP contribution in [-0.4, -0.2) is 14.9 Å². The minimum absolute atomic E-state index is 0. The summed E-state index contributed by atoms with van der Waals surface area (Å²) in [6, 6.07) is 40.2. The molecule has 0 spiro atoms. The predicted molar refractivity (Wildman–Crippen MR) is 222 cm³/mol. The van der Waals surface area contributed by atoms with Crippen molar-refractivity contribution in [2.45, 2.75) is 92.4 Å². The number of aromatic nitrogens is 3. The van der Waals surface area contributed by atoms with Crippen LogP contribution in [0.5, 0.6) is 5.75 Å². The number of aryl methyl sites for hydroxylation is 2. The molecule has 0 unspecified atom stereocenters. The number of hydrogen-bond donors (Lipinski definition) is 1. The molecule has 1 radical (unpaired) electrons. The molecule has 0 atom stereocenters. The summed E-state index contributed by atoms with van der Waals surface area (Å²) >= 11 is 0. The molecule has 0 aliphatic rings. The topological polar surface area (TPSA) is 52.2 Å². The zero-order chi connectivity index (χ0) is 38.0. The molecule has 7 aromatic rings. The fourth-order valence-corrected chi connectivity index (χ4v) is 7.36. The molecule has 54 heavy (non-hydrogen) atoms. The van der Waals surface area contributed by atoms with Gasteiger partial charge < -0.3 is 10.1 Å². The molecule has 2 heterocycles. The van der Waals surface area contributed by atoms with Crippen LogP contribution < -0.4 is 4.98 Å². The SMILES string of the molecule is Cc1cc(C)n(-c2[c-]c(-c3cccc4c(-c5ccc(C(C)(C)C)cc5-c5ccccc5)c(-c5cc(C(C)(C)C)cc(C(C)(C)C)c5O)[n-]c34)ccc2)n1.[Au]. The Bertz CT molecular complexity index is 2480. The number of aromatic hydroxyl groups is 1. The molecular weight excluding hydrogens is 844 g/mol. The normalized spacial score (nSPS) is 12.3. The van der Waals surface area contributed by atoms with Crippen LogP contribution in [0, 0.1) is 19.9 Å². The third-order valence-corrected chi connectivity index (χ3v) is 10.4. The summed E-state index contributed by atoms with van der Waals surface area (Å²) in [5.74, 6) is 0.279. The molecule has 0 fully saturated rings. The molecule has 0 bridgehead atoms. The monoisotopic (exact) mass is 894 g/mol. The van der Waals surface area contributed by atoms with Gasteiger partial charge in [0.25, 0.3) is 0 Å². The minimum atomic E-state index is -0.292. The van der Waals surface area contributed by atoms with Crippen LogP contribution in [0.1, 0.15) is 90.4 Å². The predicted octanol–water partition coefficient (Wildman–Crippen LogP) is 12.7. The van der Waals surface area contributed by atoms with Crippen LogP contribution >= 0.6 is 0 Å². The van der Waals surface area contributed by atoms with Gasteiger partial charge in [-0.3, -0.25) is 4.68 Å². The van der Waals surface area contributed by atoms with E-state index < -0.39 is 0 Å². The fraction of sp³-hybridized carbons (Fsp3) is 0.286. The number of para-hydroxylation sites is 1. The van der Waals surface area contributed by atoms with E-state index in [-0.39, 0.29) is 44.4 Å². The number of nitrogens with zero attached hydrogens (tertiary/aromatic N) is 3. The maximum Gasteiger partial charge on any atom is 0.125 e. The first kappa shape index (κ1) is 39.1. The maximum absolute atomic E-state index is 12.3. The third kappa shape index (κ3) is 7.28. The van der Waals surface area contributed by atoms with E-state index in [4.69, 9.17) is 10.1 Å². The number of fused-ring (bicyclic) bond motifs is 1. The molecule has 0 aliphatic carbocycles. The first-order valence-corrected chi connectivity index (χ1v) is 18.7. The van der Waals surface area contributed by atoms with Gasteiger partial charge in [0.2, 0.25) is 0 Å². The van der Waals surface area contributed by atoms with Crippen LogP contribution in [0.25, 0.3) is 61.2 Å². The molecule has 5 aromatic carbocycles. The Morgan fingerprint density at radius 1 is 0.630 bits per heavy atom. The Labute approximate surface area is 337 Å². The van der Waals surface area contributed by atoms with Crippen molar-refractivity contribution in [2.24, 2.45) is 0 Å². The van der Waals surface area contributed by atoms with E-state index in [0.29, 0.717) is 0 Å². The Hall–Kier alpha value is -4.61. The Kier molecular flexibility index (Phi) is 10.3. The van der Waals surface area contributed by atoms with E-state index in [1.165, 1.54) is 5.56 Å². The second kappa shape index (κ2) is 14.2. The second-order valence-corrected chi connectivity index (χ2v) is 17.6. The third-order valence-electron chi connectivity index (χ3n) is 10.4. The summed E-state index contributed by atoms with van der Waals surface area (Å²) in [6.45, 7) is 24.0. The van der Waals surface area contributed by atoms with Crippen LogP contribution in [-0.2, 0) is 38.6 Å². The van der Waals surface area contributed by atoms with Crippen molar-refractivity contribution in [1.29, 1.82) is 0 Å². The average Bonchev–Trinajstić information content (AvgIpc) is 3.65. The number of hydrogen-bond acceptors (Lipinski definition) is 2. The van der Waals surface area contributed by atoms with Crippen LogP contribution in [0.15, 0.2) is 103 Å². The standard InChI is InChI=1S/C49H51N3O.Au/c1-30-25-31(2)52(51-30)36-20-15-19-33(26-36)37-21-16-22-39-43(38-24-23-34(47(3,4)5)27-40(38)32-17-13-12-14-18-32)45(50-44(37)39)41-28-35(48(6,7)8)29-42(46(41)53)49(9,10)11;/h12-25,27-29,53H,1-11H3;/q-2;. The van der Waals surface area contributed by atoms with E-state index in [2.05, 4.69) is 172 Å². The van der Waals surface area contributed by atoms with Crippen LogP contribution in [0.3, 0.4) is 0 Å². The van der Waals surface area contributed by atoms with E-state index in [1.807, 2.05) is 17.7 Å². The van der Waals surface area contributed by atoms with E-state index >= 15 is 0 Å². The van der Waals surface area contributed by atoms with Gasteiger partial charge in [0.05, 0.1) is 5.69 Å². The summed E-state index contributed by atoms with van der Waals surface area (Å²) < 4.78 is 1.95. The summed E-state index contributed by atoms with van der Waals surface area (Å²) in [6.07, 6.45) is 0. The molecular formula is C49H51AuN3O-2. The van der Waals surface area contributed by atoms with E-state index in [9.17, 15) is 5.11 Å². The number of phenolic OH excluding ortho intramolecular Hbond substituents is 1. The molecule has 1 N–H and O–H groups in total.